The van der Waals surface area contributed by atoms with E-state index in [0.717, 1.165) is 35.3 Å². The molecule has 142 valence electrons. The van der Waals surface area contributed by atoms with Crippen LogP contribution in [-0.4, -0.2) is 36.1 Å². The summed E-state index contributed by atoms with van der Waals surface area (Å²) in [5.41, 5.74) is 9.50. The Labute approximate surface area is 160 Å². The Morgan fingerprint density at radius 1 is 1.07 bits per heavy atom. The van der Waals surface area contributed by atoms with Crippen molar-refractivity contribution in [1.82, 2.24) is 4.98 Å². The Balaban J connectivity index is 1.79. The number of benzene rings is 1. The van der Waals surface area contributed by atoms with E-state index in [4.69, 9.17) is 10.7 Å². The maximum Gasteiger partial charge on any atom is 0.140 e. The maximum absolute atomic E-state index is 13.9. The Kier molecular flexibility index (Phi) is 5.37. The molecule has 1 atom stereocenters. The molecule has 2 aliphatic rings. The molecule has 2 aromatic rings. The molecule has 1 aromatic carbocycles. The fourth-order valence-corrected chi connectivity index (χ4v) is 4.18. The number of aromatic nitrogens is 1. The highest BCUT2D eigenvalue weighted by molar-refractivity contribution is 6.07. The number of nitrogens with zero attached hydrogens (tertiary/aromatic N) is 3. The first-order valence-electron chi connectivity index (χ1n) is 9.99. The van der Waals surface area contributed by atoms with Crippen molar-refractivity contribution in [3.8, 4) is 11.1 Å². The van der Waals surface area contributed by atoms with Crippen LogP contribution in [0.15, 0.2) is 47.6 Å². The molecule has 1 aliphatic carbocycles. The minimum absolute atomic E-state index is 0.280. The van der Waals surface area contributed by atoms with Gasteiger partial charge in [-0.3, -0.25) is 4.99 Å². The topological polar surface area (TPSA) is 54.5 Å². The minimum atomic E-state index is -0.809. The van der Waals surface area contributed by atoms with E-state index in [2.05, 4.69) is 17.1 Å². The molecule has 2 fully saturated rings. The van der Waals surface area contributed by atoms with Crippen molar-refractivity contribution in [3.05, 3.63) is 48.2 Å². The molecule has 1 aromatic heterocycles. The van der Waals surface area contributed by atoms with E-state index >= 15 is 0 Å². The van der Waals surface area contributed by atoms with E-state index in [-0.39, 0.29) is 6.04 Å². The van der Waals surface area contributed by atoms with E-state index < -0.39 is 6.17 Å². The number of anilines is 1. The first-order chi connectivity index (χ1) is 13.2. The molecule has 0 amide bonds. The van der Waals surface area contributed by atoms with Crippen molar-refractivity contribution >= 4 is 11.7 Å². The van der Waals surface area contributed by atoms with E-state index in [1.165, 1.54) is 19.3 Å². The van der Waals surface area contributed by atoms with Crippen LogP contribution in [0.4, 0.5) is 10.2 Å². The van der Waals surface area contributed by atoms with Crippen LogP contribution in [0.1, 0.15) is 44.1 Å². The van der Waals surface area contributed by atoms with E-state index in [0.29, 0.717) is 25.3 Å². The first kappa shape index (κ1) is 18.0. The van der Waals surface area contributed by atoms with Gasteiger partial charge in [0.25, 0.3) is 0 Å². The van der Waals surface area contributed by atoms with Gasteiger partial charge in [-0.15, -0.1) is 0 Å². The van der Waals surface area contributed by atoms with Gasteiger partial charge in [0.2, 0.25) is 0 Å². The quantitative estimate of drug-likeness (QED) is 0.647. The summed E-state index contributed by atoms with van der Waals surface area (Å²) in [4.78, 5) is 11.5. The zero-order chi connectivity index (χ0) is 18.6. The average molecular weight is 366 g/mol. The molecule has 1 saturated carbocycles. The van der Waals surface area contributed by atoms with Gasteiger partial charge < -0.3 is 10.6 Å². The van der Waals surface area contributed by atoms with E-state index in [1.807, 2.05) is 29.2 Å². The maximum atomic E-state index is 13.9. The number of hydrogen-bond acceptors (Lipinski definition) is 3. The zero-order valence-electron chi connectivity index (χ0n) is 15.6. The first-order valence-corrected chi connectivity index (χ1v) is 9.99. The highest BCUT2D eigenvalue weighted by Crippen LogP contribution is 2.32. The van der Waals surface area contributed by atoms with Gasteiger partial charge in [0, 0.05) is 12.7 Å². The molecular weight excluding hydrogens is 339 g/mol. The molecule has 27 heavy (non-hydrogen) atoms. The molecule has 2 N–H and O–H groups in total. The Morgan fingerprint density at radius 3 is 2.56 bits per heavy atom. The number of amidine groups is 1. The Hall–Kier alpha value is -2.43. The van der Waals surface area contributed by atoms with Gasteiger partial charge in [-0.25, -0.2) is 9.37 Å². The van der Waals surface area contributed by atoms with Crippen molar-refractivity contribution in [2.75, 3.05) is 18.0 Å². The molecule has 2 heterocycles. The summed E-state index contributed by atoms with van der Waals surface area (Å²) in [6.07, 6.45) is 7.41. The highest BCUT2D eigenvalue weighted by Gasteiger charge is 2.27. The molecule has 1 unspecified atom stereocenters. The largest absolute Gasteiger partial charge is 0.383 e. The van der Waals surface area contributed by atoms with Crippen LogP contribution >= 0.6 is 0 Å². The lowest BCUT2D eigenvalue weighted by molar-refractivity contribution is 0.364. The third-order valence-electron chi connectivity index (χ3n) is 5.60. The number of pyridine rings is 1. The molecule has 4 nitrogen and oxygen atoms in total. The summed E-state index contributed by atoms with van der Waals surface area (Å²) in [5, 5.41) is 0. The average Bonchev–Trinajstić information content (AvgIpc) is 3.15. The fourth-order valence-electron chi connectivity index (χ4n) is 4.18. The van der Waals surface area contributed by atoms with Crippen molar-refractivity contribution in [2.45, 2.75) is 50.7 Å². The monoisotopic (exact) mass is 366 g/mol. The van der Waals surface area contributed by atoms with Crippen molar-refractivity contribution in [1.29, 1.82) is 0 Å². The van der Waals surface area contributed by atoms with Crippen molar-refractivity contribution < 1.29 is 4.39 Å². The van der Waals surface area contributed by atoms with Crippen LogP contribution < -0.4 is 10.6 Å². The lowest BCUT2D eigenvalue weighted by atomic mass is 9.95. The van der Waals surface area contributed by atoms with Crippen LogP contribution in [0.3, 0.4) is 0 Å². The van der Waals surface area contributed by atoms with E-state index in [9.17, 15) is 4.39 Å². The number of halogens is 1. The van der Waals surface area contributed by atoms with Crippen LogP contribution in [0.5, 0.6) is 0 Å². The van der Waals surface area contributed by atoms with Gasteiger partial charge in [-0.1, -0.05) is 49.6 Å². The summed E-state index contributed by atoms with van der Waals surface area (Å²) in [6, 6.07) is 12.4. The van der Waals surface area contributed by atoms with Crippen LogP contribution in [-0.2, 0) is 0 Å². The third-order valence-corrected chi connectivity index (χ3v) is 5.60. The van der Waals surface area contributed by atoms with Crippen molar-refractivity contribution in [2.24, 2.45) is 10.7 Å². The van der Waals surface area contributed by atoms with Gasteiger partial charge in [0.05, 0.1) is 18.2 Å². The summed E-state index contributed by atoms with van der Waals surface area (Å²) in [7, 11) is 0. The van der Waals surface area contributed by atoms with Gasteiger partial charge in [0.15, 0.2) is 0 Å². The second-order valence-corrected chi connectivity index (χ2v) is 7.56. The van der Waals surface area contributed by atoms with Crippen LogP contribution in [0.25, 0.3) is 11.1 Å². The SMILES string of the molecule is NC(=NC1CCCCC1)c1c(-c2ccccc2)ccnc1N1CCC(F)C1. The second kappa shape index (κ2) is 8.07. The smallest absolute Gasteiger partial charge is 0.140 e. The molecular formula is C22H27FN4. The molecule has 1 aliphatic heterocycles. The van der Waals surface area contributed by atoms with Crippen molar-refractivity contribution in [3.63, 3.8) is 0 Å². The van der Waals surface area contributed by atoms with Gasteiger partial charge in [0.1, 0.15) is 17.8 Å². The zero-order valence-corrected chi connectivity index (χ0v) is 15.6. The Morgan fingerprint density at radius 2 is 1.85 bits per heavy atom. The number of nitrogens with two attached hydrogens (primary N) is 1. The number of rotatable bonds is 4. The lowest BCUT2D eigenvalue weighted by Gasteiger charge is -2.23. The fraction of sp³-hybridized carbons (Fsp3) is 0.455. The normalized spacial score (nSPS) is 21.6. The highest BCUT2D eigenvalue weighted by atomic mass is 19.1. The summed E-state index contributed by atoms with van der Waals surface area (Å²) < 4.78 is 13.9. The summed E-state index contributed by atoms with van der Waals surface area (Å²) in [5.74, 6) is 1.29. The second-order valence-electron chi connectivity index (χ2n) is 7.56. The number of aliphatic imine (C=N–C) groups is 1. The minimum Gasteiger partial charge on any atom is -0.383 e. The molecule has 0 bridgehead atoms. The van der Waals surface area contributed by atoms with Crippen LogP contribution in [0, 0.1) is 0 Å². The molecule has 0 spiro atoms. The molecule has 1 saturated heterocycles. The Bertz CT molecular complexity index is 799. The van der Waals surface area contributed by atoms with Gasteiger partial charge in [-0.2, -0.15) is 0 Å². The predicted octanol–water partition coefficient (Wildman–Crippen LogP) is 4.33. The number of alkyl halides is 1. The van der Waals surface area contributed by atoms with E-state index in [1.54, 1.807) is 6.20 Å². The molecule has 4 rings (SSSR count). The molecule has 0 radical (unpaired) electrons. The summed E-state index contributed by atoms with van der Waals surface area (Å²) >= 11 is 0. The predicted molar refractivity (Wildman–Crippen MR) is 109 cm³/mol. The lowest BCUT2D eigenvalue weighted by Crippen LogP contribution is -2.28. The van der Waals surface area contributed by atoms with Gasteiger partial charge >= 0.3 is 0 Å². The van der Waals surface area contributed by atoms with Crippen LogP contribution in [0.2, 0.25) is 0 Å². The molecule has 5 heteroatoms. The standard InChI is InChI=1S/C22H27FN4/c23-17-12-14-27(15-17)22-20(21(24)26-18-9-5-2-6-10-18)19(11-13-25-22)16-7-3-1-4-8-16/h1,3-4,7-8,11,13,17-18H,2,5-6,9-10,12,14-15H2,(H2,24,26). The number of hydrogen-bond donors (Lipinski definition) is 1. The third kappa shape index (κ3) is 3.97. The summed E-state index contributed by atoms with van der Waals surface area (Å²) in [6.45, 7) is 1.03. The van der Waals surface area contributed by atoms with Gasteiger partial charge in [-0.05, 0) is 36.5 Å².